The smallest absolute Gasteiger partial charge is 0.216 e. The van der Waals surface area contributed by atoms with Crippen molar-refractivity contribution in [2.24, 2.45) is 0 Å². The minimum atomic E-state index is 0.0331. The normalized spacial score (nSPS) is 16.5. The molecule has 0 bridgehead atoms. The van der Waals surface area contributed by atoms with Crippen LogP contribution in [0.3, 0.4) is 0 Å². The van der Waals surface area contributed by atoms with E-state index in [-0.39, 0.29) is 12.5 Å². The first-order chi connectivity index (χ1) is 7.24. The minimum absolute atomic E-state index is 0.0331. The molecule has 15 heavy (non-hydrogen) atoms. The van der Waals surface area contributed by atoms with Crippen molar-refractivity contribution in [3.63, 3.8) is 0 Å². The molecule has 0 saturated heterocycles. The molecule has 0 atom stereocenters. The Kier molecular flexibility index (Phi) is 5.65. The highest BCUT2D eigenvalue weighted by Crippen LogP contribution is 2.24. The third-order valence-electron chi connectivity index (χ3n) is 2.97. The molecule has 0 aromatic rings. The predicted molar refractivity (Wildman–Crippen MR) is 59.6 cm³/mol. The second kappa shape index (κ2) is 6.80. The van der Waals surface area contributed by atoms with E-state index in [1.165, 1.54) is 19.3 Å². The quantitative estimate of drug-likeness (QED) is 0.643. The fourth-order valence-electron chi connectivity index (χ4n) is 1.88. The molecule has 1 amide bonds. The molecule has 0 unspecified atom stereocenters. The van der Waals surface area contributed by atoms with Crippen molar-refractivity contribution in [3.8, 4) is 0 Å². The maximum atomic E-state index is 10.7. The number of carbonyl (C=O) groups excluding carboxylic acids is 1. The fraction of sp³-hybridized carbons (Fsp3) is 0.909. The van der Waals surface area contributed by atoms with Crippen LogP contribution in [0.2, 0.25) is 0 Å². The Morgan fingerprint density at radius 2 is 2.20 bits per heavy atom. The van der Waals surface area contributed by atoms with Gasteiger partial charge in [-0.3, -0.25) is 9.69 Å². The van der Waals surface area contributed by atoms with Gasteiger partial charge < -0.3 is 10.4 Å². The van der Waals surface area contributed by atoms with Crippen LogP contribution < -0.4 is 5.32 Å². The molecule has 1 rings (SSSR count). The summed E-state index contributed by atoms with van der Waals surface area (Å²) in [5.74, 6) is 0.0331. The summed E-state index contributed by atoms with van der Waals surface area (Å²) in [5.41, 5.74) is 0. The fourth-order valence-corrected chi connectivity index (χ4v) is 1.88. The van der Waals surface area contributed by atoms with Gasteiger partial charge in [-0.05, 0) is 19.3 Å². The van der Waals surface area contributed by atoms with Gasteiger partial charge in [0.25, 0.3) is 0 Å². The lowest BCUT2D eigenvalue weighted by Gasteiger charge is -2.37. The number of hydrogen-bond donors (Lipinski definition) is 2. The van der Waals surface area contributed by atoms with Crippen LogP contribution in [0.1, 0.15) is 32.6 Å². The van der Waals surface area contributed by atoms with Crippen molar-refractivity contribution in [1.82, 2.24) is 10.2 Å². The molecule has 0 radical (unpaired) electrons. The summed E-state index contributed by atoms with van der Waals surface area (Å²) in [5, 5.41) is 11.6. The summed E-state index contributed by atoms with van der Waals surface area (Å²) >= 11 is 0. The Balaban J connectivity index is 2.18. The molecule has 0 aliphatic heterocycles. The second-order valence-electron chi connectivity index (χ2n) is 4.18. The summed E-state index contributed by atoms with van der Waals surface area (Å²) in [7, 11) is 0. The van der Waals surface area contributed by atoms with Gasteiger partial charge in [0.05, 0.1) is 0 Å². The first-order valence-electron chi connectivity index (χ1n) is 5.83. The Hall–Kier alpha value is -0.610. The van der Waals surface area contributed by atoms with Gasteiger partial charge in [-0.15, -0.1) is 0 Å². The number of nitrogens with zero attached hydrogens (tertiary/aromatic N) is 1. The van der Waals surface area contributed by atoms with Crippen LogP contribution in [0.15, 0.2) is 0 Å². The lowest BCUT2D eigenvalue weighted by atomic mass is 9.91. The molecule has 1 aliphatic carbocycles. The topological polar surface area (TPSA) is 52.6 Å². The van der Waals surface area contributed by atoms with Gasteiger partial charge in [0.2, 0.25) is 5.91 Å². The average Bonchev–Trinajstić information content (AvgIpc) is 2.10. The monoisotopic (exact) mass is 214 g/mol. The van der Waals surface area contributed by atoms with E-state index in [1.54, 1.807) is 6.92 Å². The van der Waals surface area contributed by atoms with E-state index in [2.05, 4.69) is 10.2 Å². The summed E-state index contributed by atoms with van der Waals surface area (Å²) in [6.45, 7) is 4.37. The van der Waals surface area contributed by atoms with Crippen LogP contribution in [0.4, 0.5) is 0 Å². The highest BCUT2D eigenvalue weighted by Gasteiger charge is 2.23. The molecular weight excluding hydrogens is 192 g/mol. The van der Waals surface area contributed by atoms with Gasteiger partial charge in [0.1, 0.15) is 0 Å². The van der Waals surface area contributed by atoms with E-state index >= 15 is 0 Å². The maximum absolute atomic E-state index is 10.7. The van der Waals surface area contributed by atoms with E-state index in [0.717, 1.165) is 26.1 Å². The molecule has 0 heterocycles. The number of amides is 1. The first-order valence-corrected chi connectivity index (χ1v) is 5.83. The van der Waals surface area contributed by atoms with Crippen LogP contribution in [-0.2, 0) is 4.79 Å². The van der Waals surface area contributed by atoms with E-state index < -0.39 is 0 Å². The molecule has 0 aromatic heterocycles. The Labute approximate surface area is 91.6 Å². The zero-order valence-corrected chi connectivity index (χ0v) is 9.54. The van der Waals surface area contributed by atoms with Crippen LogP contribution >= 0.6 is 0 Å². The molecular formula is C11H22N2O2. The Morgan fingerprint density at radius 3 is 2.67 bits per heavy atom. The second-order valence-corrected chi connectivity index (χ2v) is 4.18. The standard InChI is InChI=1S/C11H22N2O2/c1-10(15)12-6-8-13(7-3-9-14)11-4-2-5-11/h11,14H,2-9H2,1H3,(H,12,15). The van der Waals surface area contributed by atoms with Crippen molar-refractivity contribution in [2.75, 3.05) is 26.2 Å². The number of hydrogen-bond acceptors (Lipinski definition) is 3. The van der Waals surface area contributed by atoms with Gasteiger partial charge in [0, 0.05) is 39.2 Å². The van der Waals surface area contributed by atoms with E-state index in [9.17, 15) is 4.79 Å². The number of rotatable bonds is 7. The molecule has 4 heteroatoms. The number of nitrogens with one attached hydrogen (secondary N) is 1. The zero-order chi connectivity index (χ0) is 11.1. The predicted octanol–water partition coefficient (Wildman–Crippen LogP) is 0.359. The summed E-state index contributed by atoms with van der Waals surface area (Å²) in [6, 6.07) is 0.685. The van der Waals surface area contributed by atoms with Crippen LogP contribution in [0, 0.1) is 0 Å². The number of aliphatic hydroxyl groups excluding tert-OH is 1. The van der Waals surface area contributed by atoms with E-state index in [0.29, 0.717) is 6.04 Å². The Morgan fingerprint density at radius 1 is 1.47 bits per heavy atom. The number of carbonyl (C=O) groups is 1. The third kappa shape index (κ3) is 4.62. The molecule has 1 fully saturated rings. The van der Waals surface area contributed by atoms with Crippen molar-refractivity contribution in [1.29, 1.82) is 0 Å². The zero-order valence-electron chi connectivity index (χ0n) is 9.54. The van der Waals surface area contributed by atoms with Crippen LogP contribution in [-0.4, -0.2) is 48.2 Å². The van der Waals surface area contributed by atoms with Crippen LogP contribution in [0.25, 0.3) is 0 Å². The molecule has 88 valence electrons. The largest absolute Gasteiger partial charge is 0.396 e. The highest BCUT2D eigenvalue weighted by molar-refractivity contribution is 5.72. The number of aliphatic hydroxyl groups is 1. The molecule has 0 spiro atoms. The average molecular weight is 214 g/mol. The molecule has 0 aromatic carbocycles. The third-order valence-corrected chi connectivity index (χ3v) is 2.97. The van der Waals surface area contributed by atoms with Crippen molar-refractivity contribution >= 4 is 5.91 Å². The van der Waals surface area contributed by atoms with Crippen molar-refractivity contribution < 1.29 is 9.90 Å². The highest BCUT2D eigenvalue weighted by atomic mass is 16.3. The first kappa shape index (κ1) is 12.5. The van der Waals surface area contributed by atoms with Gasteiger partial charge >= 0.3 is 0 Å². The summed E-state index contributed by atoms with van der Waals surface area (Å²) in [6.07, 6.45) is 4.69. The minimum Gasteiger partial charge on any atom is -0.396 e. The SMILES string of the molecule is CC(=O)NCCN(CCCO)C1CCC1. The van der Waals surface area contributed by atoms with Crippen molar-refractivity contribution in [3.05, 3.63) is 0 Å². The van der Waals surface area contributed by atoms with Gasteiger partial charge in [-0.2, -0.15) is 0 Å². The van der Waals surface area contributed by atoms with Gasteiger partial charge in [-0.1, -0.05) is 6.42 Å². The van der Waals surface area contributed by atoms with E-state index in [4.69, 9.17) is 5.11 Å². The van der Waals surface area contributed by atoms with E-state index in [1.807, 2.05) is 0 Å². The van der Waals surface area contributed by atoms with Gasteiger partial charge in [-0.25, -0.2) is 0 Å². The maximum Gasteiger partial charge on any atom is 0.216 e. The lowest BCUT2D eigenvalue weighted by Crippen LogP contribution is -2.44. The Bertz CT molecular complexity index is 193. The molecule has 1 saturated carbocycles. The lowest BCUT2D eigenvalue weighted by molar-refractivity contribution is -0.119. The van der Waals surface area contributed by atoms with Crippen molar-refractivity contribution in [2.45, 2.75) is 38.6 Å². The van der Waals surface area contributed by atoms with Crippen LogP contribution in [0.5, 0.6) is 0 Å². The molecule has 2 N–H and O–H groups in total. The van der Waals surface area contributed by atoms with Gasteiger partial charge in [0.15, 0.2) is 0 Å². The molecule has 1 aliphatic rings. The summed E-state index contributed by atoms with van der Waals surface area (Å²) < 4.78 is 0. The molecule has 4 nitrogen and oxygen atoms in total. The summed E-state index contributed by atoms with van der Waals surface area (Å²) in [4.78, 5) is 13.1.